The van der Waals surface area contributed by atoms with Gasteiger partial charge in [0.15, 0.2) is 0 Å². The Morgan fingerprint density at radius 3 is 2.48 bits per heavy atom. The quantitative estimate of drug-likeness (QED) is 0.936. The molecule has 7 heteroatoms. The monoisotopic (exact) mass is 307 g/mol. The summed E-state index contributed by atoms with van der Waals surface area (Å²) in [6.45, 7) is 0.217. The summed E-state index contributed by atoms with van der Waals surface area (Å²) in [4.78, 5) is 5.16. The highest BCUT2D eigenvalue weighted by Crippen LogP contribution is 2.32. The van der Waals surface area contributed by atoms with Gasteiger partial charge >= 0.3 is 0 Å². The van der Waals surface area contributed by atoms with Gasteiger partial charge in [0.2, 0.25) is 9.84 Å². The summed E-state index contributed by atoms with van der Waals surface area (Å²) in [5.74, 6) is 0.581. The number of fused-ring (bicyclic) bond motifs is 1. The summed E-state index contributed by atoms with van der Waals surface area (Å²) < 4.78 is 30.1. The Kier molecular flexibility index (Phi) is 3.32. The van der Waals surface area contributed by atoms with Gasteiger partial charge in [0.05, 0.1) is 16.9 Å². The molecule has 0 radical (unpaired) electrons. The zero-order valence-corrected chi connectivity index (χ0v) is 12.0. The molecule has 0 bridgehead atoms. The number of hydrogen-bond acceptors (Lipinski definition) is 6. The zero-order chi connectivity index (χ0) is 15.0. The molecule has 0 saturated carbocycles. The molecule has 1 aliphatic heterocycles. The van der Waals surface area contributed by atoms with Gasteiger partial charge in [-0.3, -0.25) is 5.21 Å². The molecule has 0 spiro atoms. The van der Waals surface area contributed by atoms with Crippen LogP contribution in [0.15, 0.2) is 52.3 Å². The maximum absolute atomic E-state index is 12.6. The van der Waals surface area contributed by atoms with Crippen molar-refractivity contribution in [2.45, 2.75) is 16.4 Å². The summed E-state index contributed by atoms with van der Waals surface area (Å²) in [6, 6.07) is 10.7. The van der Waals surface area contributed by atoms with Crippen molar-refractivity contribution in [3.63, 3.8) is 0 Å². The molecule has 1 heterocycles. The van der Waals surface area contributed by atoms with Crippen LogP contribution < -0.4 is 9.96 Å². The summed E-state index contributed by atoms with van der Waals surface area (Å²) >= 11 is 0. The van der Waals surface area contributed by atoms with Gasteiger partial charge in [-0.2, -0.15) is 0 Å². The lowest BCUT2D eigenvalue weighted by molar-refractivity contribution is -0.0329. The standard InChI is InChI=1S/C14H13NO5S/c1-19-11-3-6-12(7-4-11)21(17,18)13-5-2-10-9-20-15(16)14(10)8-13/h2-8,16H,9H2,1H3. The maximum Gasteiger partial charge on any atom is 0.206 e. The number of sulfone groups is 1. The third-order valence-corrected chi connectivity index (χ3v) is 5.05. The molecule has 6 nitrogen and oxygen atoms in total. The number of hydrogen-bond donors (Lipinski definition) is 1. The Morgan fingerprint density at radius 2 is 1.81 bits per heavy atom. The molecule has 2 aromatic rings. The van der Waals surface area contributed by atoms with Gasteiger partial charge in [-0.25, -0.2) is 13.3 Å². The molecular weight excluding hydrogens is 294 g/mol. The number of rotatable bonds is 3. The smallest absolute Gasteiger partial charge is 0.206 e. The molecule has 0 fully saturated rings. The van der Waals surface area contributed by atoms with E-state index in [-0.39, 0.29) is 16.4 Å². The van der Waals surface area contributed by atoms with Crippen molar-refractivity contribution in [2.75, 3.05) is 12.3 Å². The summed E-state index contributed by atoms with van der Waals surface area (Å²) in [5.41, 5.74) is 1.07. The molecule has 0 unspecified atom stereocenters. The average molecular weight is 307 g/mol. The third-order valence-electron chi connectivity index (χ3n) is 3.29. The van der Waals surface area contributed by atoms with E-state index in [1.54, 1.807) is 18.2 Å². The molecule has 110 valence electrons. The van der Waals surface area contributed by atoms with Crippen molar-refractivity contribution in [2.24, 2.45) is 0 Å². The van der Waals surface area contributed by atoms with Gasteiger partial charge < -0.3 is 4.74 Å². The zero-order valence-electron chi connectivity index (χ0n) is 11.2. The lowest BCUT2D eigenvalue weighted by atomic mass is 10.2. The molecule has 2 aromatic carbocycles. The van der Waals surface area contributed by atoms with Crippen LogP contribution in [0.4, 0.5) is 5.69 Å². The topological polar surface area (TPSA) is 76.1 Å². The van der Waals surface area contributed by atoms with E-state index in [1.165, 1.54) is 31.4 Å². The van der Waals surface area contributed by atoms with Crippen molar-refractivity contribution in [1.29, 1.82) is 0 Å². The Balaban J connectivity index is 2.04. The van der Waals surface area contributed by atoms with E-state index in [0.29, 0.717) is 16.7 Å². The Bertz CT molecular complexity index is 770. The van der Waals surface area contributed by atoms with Crippen LogP contribution in [0.2, 0.25) is 0 Å². The summed E-state index contributed by atoms with van der Waals surface area (Å²) in [7, 11) is -2.14. The lowest BCUT2D eigenvalue weighted by Crippen LogP contribution is -2.11. The predicted octanol–water partition coefficient (Wildman–Crippen LogP) is 2.17. The second-order valence-corrected chi connectivity index (χ2v) is 6.47. The first kappa shape index (κ1) is 13.9. The van der Waals surface area contributed by atoms with E-state index in [9.17, 15) is 13.6 Å². The van der Waals surface area contributed by atoms with E-state index in [4.69, 9.17) is 9.57 Å². The number of benzene rings is 2. The van der Waals surface area contributed by atoms with Gasteiger partial charge in [0, 0.05) is 5.56 Å². The fraction of sp³-hybridized carbons (Fsp3) is 0.143. The third kappa shape index (κ3) is 2.35. The van der Waals surface area contributed by atoms with Gasteiger partial charge in [-0.15, -0.1) is 5.23 Å². The van der Waals surface area contributed by atoms with Crippen molar-refractivity contribution in [3.05, 3.63) is 48.0 Å². The number of methoxy groups -OCH3 is 1. The van der Waals surface area contributed by atoms with Crippen molar-refractivity contribution >= 4 is 15.5 Å². The van der Waals surface area contributed by atoms with E-state index in [0.717, 1.165) is 5.56 Å². The minimum atomic E-state index is -3.66. The molecule has 1 aliphatic rings. The molecular formula is C14H13NO5S. The number of ether oxygens (including phenoxy) is 1. The number of anilines is 1. The summed E-state index contributed by atoms with van der Waals surface area (Å²) in [6.07, 6.45) is 0. The lowest BCUT2D eigenvalue weighted by Gasteiger charge is -2.10. The van der Waals surface area contributed by atoms with Crippen LogP contribution in [0.3, 0.4) is 0 Å². The minimum Gasteiger partial charge on any atom is -0.497 e. The fourth-order valence-corrected chi connectivity index (χ4v) is 3.38. The molecule has 3 rings (SSSR count). The molecule has 0 aliphatic carbocycles. The van der Waals surface area contributed by atoms with E-state index in [2.05, 4.69) is 0 Å². The van der Waals surface area contributed by atoms with Crippen LogP contribution in [-0.2, 0) is 21.3 Å². The maximum atomic E-state index is 12.6. The normalized spacial score (nSPS) is 14.1. The van der Waals surface area contributed by atoms with Gasteiger partial charge in [-0.05, 0) is 36.4 Å². The fourth-order valence-electron chi connectivity index (χ4n) is 2.10. The molecule has 0 atom stereocenters. The molecule has 0 aromatic heterocycles. The minimum absolute atomic E-state index is 0.0935. The van der Waals surface area contributed by atoms with Crippen LogP contribution in [0.1, 0.15) is 5.56 Å². The number of nitrogens with zero attached hydrogens (tertiary/aromatic N) is 1. The molecule has 0 saturated heterocycles. The highest BCUT2D eigenvalue weighted by Gasteiger charge is 2.24. The van der Waals surface area contributed by atoms with Crippen molar-refractivity contribution < 1.29 is 23.2 Å². The van der Waals surface area contributed by atoms with Crippen molar-refractivity contribution in [1.82, 2.24) is 0 Å². The Labute approximate surface area is 122 Å². The van der Waals surface area contributed by atoms with Crippen LogP contribution in [0.25, 0.3) is 0 Å². The predicted molar refractivity (Wildman–Crippen MR) is 73.9 cm³/mol. The second-order valence-electron chi connectivity index (χ2n) is 4.52. The van der Waals surface area contributed by atoms with Gasteiger partial charge in [0.1, 0.15) is 18.0 Å². The molecule has 21 heavy (non-hydrogen) atoms. The van der Waals surface area contributed by atoms with Crippen LogP contribution in [0, 0.1) is 0 Å². The Morgan fingerprint density at radius 1 is 1.14 bits per heavy atom. The average Bonchev–Trinajstić information content (AvgIpc) is 2.88. The van der Waals surface area contributed by atoms with Crippen LogP contribution in [-0.4, -0.2) is 20.7 Å². The largest absolute Gasteiger partial charge is 0.497 e. The van der Waals surface area contributed by atoms with Crippen LogP contribution >= 0.6 is 0 Å². The Hall–Kier alpha value is -2.09. The SMILES string of the molecule is COc1ccc(S(=O)(=O)c2ccc3c(c2)N(O)OC3)cc1. The second kappa shape index (κ2) is 5.03. The van der Waals surface area contributed by atoms with E-state index >= 15 is 0 Å². The molecule has 1 N–H and O–H groups in total. The van der Waals surface area contributed by atoms with Crippen molar-refractivity contribution in [3.8, 4) is 5.75 Å². The highest BCUT2D eigenvalue weighted by atomic mass is 32.2. The molecule has 0 amide bonds. The first-order valence-corrected chi connectivity index (χ1v) is 7.64. The first-order valence-electron chi connectivity index (χ1n) is 6.16. The highest BCUT2D eigenvalue weighted by molar-refractivity contribution is 7.91. The van der Waals surface area contributed by atoms with Gasteiger partial charge in [-0.1, -0.05) is 6.07 Å². The van der Waals surface area contributed by atoms with Crippen LogP contribution in [0.5, 0.6) is 5.75 Å². The van der Waals surface area contributed by atoms with Gasteiger partial charge in [0.25, 0.3) is 0 Å². The van der Waals surface area contributed by atoms with E-state index in [1.807, 2.05) is 0 Å². The van der Waals surface area contributed by atoms with E-state index < -0.39 is 9.84 Å². The summed E-state index contributed by atoms with van der Waals surface area (Å²) in [5, 5.41) is 10.1. The first-order chi connectivity index (χ1) is 10.0.